The predicted molar refractivity (Wildman–Crippen MR) is 112 cm³/mol. The van der Waals surface area contributed by atoms with E-state index >= 15 is 0 Å². The number of ether oxygens (including phenoxy) is 3. The molecule has 1 fully saturated rings. The Balaban J connectivity index is 0.00000190. The van der Waals surface area contributed by atoms with Gasteiger partial charge in [0.15, 0.2) is 0 Å². The first kappa shape index (κ1) is 24.4. The first-order valence-electron chi connectivity index (χ1n) is 9.68. The summed E-state index contributed by atoms with van der Waals surface area (Å²) in [6.45, 7) is 10.4. The number of rotatable bonds is 6. The molecule has 28 heavy (non-hydrogen) atoms. The molecule has 158 valence electrons. The molecule has 0 N–H and O–H groups in total. The molecule has 0 aliphatic carbocycles. The van der Waals surface area contributed by atoms with E-state index in [1.54, 1.807) is 20.8 Å². The van der Waals surface area contributed by atoms with Gasteiger partial charge in [0, 0.05) is 11.8 Å². The van der Waals surface area contributed by atoms with Crippen molar-refractivity contribution < 1.29 is 23.8 Å². The van der Waals surface area contributed by atoms with Crippen LogP contribution in [0.15, 0.2) is 30.3 Å². The summed E-state index contributed by atoms with van der Waals surface area (Å²) >= 11 is 3.31. The number of likely N-dealkylation sites (tertiary alicyclic amines) is 1. The first-order chi connectivity index (χ1) is 13.3. The van der Waals surface area contributed by atoms with Crippen molar-refractivity contribution in [1.82, 2.24) is 4.90 Å². The molecule has 0 radical (unpaired) electrons. The molecule has 0 spiro atoms. The van der Waals surface area contributed by atoms with Gasteiger partial charge in [-0.3, -0.25) is 4.90 Å². The van der Waals surface area contributed by atoms with Crippen LogP contribution in [0.2, 0.25) is 0 Å². The average molecular weight is 458 g/mol. The number of hydrogen-bond donors (Lipinski definition) is 0. The lowest BCUT2D eigenvalue weighted by Gasteiger charge is -2.27. The van der Waals surface area contributed by atoms with Crippen LogP contribution >= 0.6 is 15.9 Å². The number of halogens is 1. The molecular formula is C21H32BrNO5. The van der Waals surface area contributed by atoms with E-state index in [4.69, 9.17) is 14.2 Å². The van der Waals surface area contributed by atoms with Crippen LogP contribution in [0, 0.1) is 0 Å². The summed E-state index contributed by atoms with van der Waals surface area (Å²) in [7, 11) is 0. The third-order valence-corrected chi connectivity index (χ3v) is 4.14. The number of esters is 1. The van der Waals surface area contributed by atoms with Crippen molar-refractivity contribution in [3.8, 4) is 0 Å². The molecule has 7 heteroatoms. The Labute approximate surface area is 176 Å². The average Bonchev–Trinajstić information content (AvgIpc) is 3.10. The number of nitrogens with zero attached hydrogens (tertiary/aromatic N) is 1. The molecule has 2 atom stereocenters. The van der Waals surface area contributed by atoms with Crippen LogP contribution in [0.5, 0.6) is 0 Å². The number of carbonyl (C=O) groups is 2. The van der Waals surface area contributed by atoms with E-state index in [0.717, 1.165) is 5.56 Å². The van der Waals surface area contributed by atoms with Crippen molar-refractivity contribution >= 4 is 28.0 Å². The van der Waals surface area contributed by atoms with E-state index in [1.165, 1.54) is 4.90 Å². The maximum Gasteiger partial charge on any atom is 0.411 e. The maximum absolute atomic E-state index is 12.6. The van der Waals surface area contributed by atoms with Crippen molar-refractivity contribution in [3.05, 3.63) is 35.9 Å². The molecular weight excluding hydrogens is 426 g/mol. The minimum Gasteiger partial charge on any atom is -0.459 e. The Kier molecular flexibility index (Phi) is 10.5. The second-order valence-electron chi connectivity index (χ2n) is 7.16. The van der Waals surface area contributed by atoms with Crippen molar-refractivity contribution in [2.45, 2.75) is 65.4 Å². The molecule has 0 saturated carbocycles. The molecule has 1 aliphatic heterocycles. The SMILES string of the molecule is CC.CC(C)(C)OC(=O)N1CC(OCCBr)C[C@H]1C(=O)OCc1ccccc1. The smallest absolute Gasteiger partial charge is 0.411 e. The lowest BCUT2D eigenvalue weighted by atomic mass is 10.2. The minimum atomic E-state index is -0.700. The number of alkyl halides is 1. The quantitative estimate of drug-likeness (QED) is 0.463. The van der Waals surface area contributed by atoms with E-state index in [9.17, 15) is 9.59 Å². The van der Waals surface area contributed by atoms with E-state index in [0.29, 0.717) is 24.9 Å². The van der Waals surface area contributed by atoms with Gasteiger partial charge < -0.3 is 14.2 Å². The molecule has 0 aromatic heterocycles. The van der Waals surface area contributed by atoms with Crippen molar-refractivity contribution in [2.24, 2.45) is 0 Å². The molecule has 1 amide bonds. The van der Waals surface area contributed by atoms with Gasteiger partial charge in [-0.15, -0.1) is 0 Å². The molecule has 6 nitrogen and oxygen atoms in total. The molecule has 1 aliphatic rings. The zero-order valence-corrected chi connectivity index (χ0v) is 19.0. The summed E-state index contributed by atoms with van der Waals surface area (Å²) in [5, 5.41) is 0.694. The summed E-state index contributed by atoms with van der Waals surface area (Å²) in [5.74, 6) is -0.440. The maximum atomic E-state index is 12.6. The predicted octanol–water partition coefficient (Wildman–Crippen LogP) is 4.55. The zero-order valence-electron chi connectivity index (χ0n) is 17.4. The third kappa shape index (κ3) is 8.19. The molecule has 1 aromatic carbocycles. The summed E-state index contributed by atoms with van der Waals surface area (Å²) in [6.07, 6.45) is -0.335. The monoisotopic (exact) mass is 457 g/mol. The topological polar surface area (TPSA) is 65.1 Å². The van der Waals surface area contributed by atoms with Crippen LogP contribution < -0.4 is 0 Å². The highest BCUT2D eigenvalue weighted by Crippen LogP contribution is 2.24. The number of amides is 1. The van der Waals surface area contributed by atoms with Gasteiger partial charge >= 0.3 is 12.1 Å². The second-order valence-corrected chi connectivity index (χ2v) is 7.95. The van der Waals surface area contributed by atoms with Gasteiger partial charge in [0.25, 0.3) is 0 Å². The minimum absolute atomic E-state index is 0.172. The Bertz CT molecular complexity index is 603. The van der Waals surface area contributed by atoms with Crippen molar-refractivity contribution in [2.75, 3.05) is 18.5 Å². The van der Waals surface area contributed by atoms with E-state index in [-0.39, 0.29) is 12.7 Å². The van der Waals surface area contributed by atoms with Crippen LogP contribution in [0.25, 0.3) is 0 Å². The summed E-state index contributed by atoms with van der Waals surface area (Å²) < 4.78 is 16.6. The normalized spacial score (nSPS) is 18.9. The van der Waals surface area contributed by atoms with Gasteiger partial charge in [-0.25, -0.2) is 9.59 Å². The Morgan fingerprint density at radius 3 is 2.39 bits per heavy atom. The highest BCUT2D eigenvalue weighted by atomic mass is 79.9. The van der Waals surface area contributed by atoms with Crippen LogP contribution in [0.1, 0.15) is 46.6 Å². The fourth-order valence-corrected chi connectivity index (χ4v) is 2.89. The third-order valence-electron chi connectivity index (χ3n) is 3.82. The lowest BCUT2D eigenvalue weighted by Crippen LogP contribution is -2.44. The van der Waals surface area contributed by atoms with Gasteiger partial charge in [0.05, 0.1) is 19.3 Å². The van der Waals surface area contributed by atoms with E-state index < -0.39 is 23.7 Å². The fourth-order valence-electron chi connectivity index (χ4n) is 2.70. The number of benzene rings is 1. The van der Waals surface area contributed by atoms with Gasteiger partial charge in [-0.2, -0.15) is 0 Å². The second kappa shape index (κ2) is 12.1. The first-order valence-corrected chi connectivity index (χ1v) is 10.8. The van der Waals surface area contributed by atoms with Crippen LogP contribution in [0.4, 0.5) is 4.79 Å². The van der Waals surface area contributed by atoms with Crippen molar-refractivity contribution in [3.63, 3.8) is 0 Å². The highest BCUT2D eigenvalue weighted by Gasteiger charge is 2.42. The molecule has 1 heterocycles. The Morgan fingerprint density at radius 2 is 1.82 bits per heavy atom. The Morgan fingerprint density at radius 1 is 1.18 bits per heavy atom. The molecule has 2 rings (SSSR count). The highest BCUT2D eigenvalue weighted by molar-refractivity contribution is 9.09. The van der Waals surface area contributed by atoms with Gasteiger partial charge in [-0.05, 0) is 26.3 Å². The fraction of sp³-hybridized carbons (Fsp3) is 0.619. The zero-order chi connectivity index (χ0) is 21.2. The lowest BCUT2D eigenvalue weighted by molar-refractivity contribution is -0.150. The van der Waals surface area contributed by atoms with E-state index in [1.807, 2.05) is 44.2 Å². The van der Waals surface area contributed by atoms with Crippen LogP contribution in [0.3, 0.4) is 0 Å². The molecule has 1 unspecified atom stereocenters. The summed E-state index contributed by atoms with van der Waals surface area (Å²) in [4.78, 5) is 26.5. The van der Waals surface area contributed by atoms with Gasteiger partial charge in [-0.1, -0.05) is 60.1 Å². The molecule has 0 bridgehead atoms. The largest absolute Gasteiger partial charge is 0.459 e. The molecule has 1 aromatic rings. The van der Waals surface area contributed by atoms with E-state index in [2.05, 4.69) is 15.9 Å². The Hall–Kier alpha value is -1.60. The van der Waals surface area contributed by atoms with Crippen LogP contribution in [-0.2, 0) is 25.6 Å². The van der Waals surface area contributed by atoms with Gasteiger partial charge in [0.2, 0.25) is 0 Å². The summed E-state index contributed by atoms with van der Waals surface area (Å²) in [5.41, 5.74) is 0.263. The molecule has 1 saturated heterocycles. The van der Waals surface area contributed by atoms with Crippen LogP contribution in [-0.4, -0.2) is 53.2 Å². The summed E-state index contributed by atoms with van der Waals surface area (Å²) in [6, 6.07) is 8.74. The van der Waals surface area contributed by atoms with Gasteiger partial charge in [0.1, 0.15) is 18.2 Å². The number of carbonyl (C=O) groups excluding carboxylic acids is 2. The number of hydrogen-bond acceptors (Lipinski definition) is 5. The standard InChI is InChI=1S/C19H26BrNO5.C2H6/c1-19(2,3)26-18(23)21-12-15(24-10-9-20)11-16(21)17(22)25-13-14-7-5-4-6-8-14;1-2/h4-8,15-16H,9-13H2,1-3H3;1-2H3/t15?,16-;/m0./s1. The van der Waals surface area contributed by atoms with Crippen molar-refractivity contribution in [1.29, 1.82) is 0 Å².